The van der Waals surface area contributed by atoms with Crippen LogP contribution in [0.1, 0.15) is 25.5 Å². The summed E-state index contributed by atoms with van der Waals surface area (Å²) < 4.78 is 27.3. The first kappa shape index (κ1) is 15.9. The first-order valence-corrected chi connectivity index (χ1v) is 7.97. The van der Waals surface area contributed by atoms with Crippen LogP contribution in [0.5, 0.6) is 5.75 Å². The van der Waals surface area contributed by atoms with E-state index in [9.17, 15) is 8.42 Å². The van der Waals surface area contributed by atoms with E-state index in [-0.39, 0.29) is 11.8 Å². The molecule has 0 saturated carbocycles. The maximum absolute atomic E-state index is 11.0. The molecule has 0 aliphatic carbocycles. The number of hydrogen-bond donors (Lipinski definition) is 1. The van der Waals surface area contributed by atoms with Crippen LogP contribution in [0.4, 0.5) is 0 Å². The molecule has 2 N–H and O–H groups in total. The molecule has 0 aliphatic rings. The van der Waals surface area contributed by atoms with E-state index in [4.69, 9.17) is 9.88 Å². The Balaban J connectivity index is 2.79. The van der Waals surface area contributed by atoms with E-state index in [2.05, 4.69) is 4.90 Å². The zero-order chi connectivity index (χ0) is 14.5. The molecule has 0 heterocycles. The summed E-state index contributed by atoms with van der Waals surface area (Å²) in [5.41, 5.74) is 1.09. The highest BCUT2D eigenvalue weighted by Crippen LogP contribution is 2.23. The van der Waals surface area contributed by atoms with Gasteiger partial charge in [0.15, 0.2) is 0 Å². The van der Waals surface area contributed by atoms with Crippen molar-refractivity contribution in [1.29, 1.82) is 0 Å². The molecule has 0 aliphatic heterocycles. The molecule has 0 radical (unpaired) electrons. The van der Waals surface area contributed by atoms with Gasteiger partial charge in [0.2, 0.25) is 10.0 Å². The Labute approximate surface area is 115 Å². The third kappa shape index (κ3) is 5.18. The van der Waals surface area contributed by atoms with Gasteiger partial charge in [-0.15, -0.1) is 0 Å². The number of rotatable bonds is 7. The lowest BCUT2D eigenvalue weighted by Crippen LogP contribution is -2.33. The number of methoxy groups -OCH3 is 1. The molecule has 19 heavy (non-hydrogen) atoms. The van der Waals surface area contributed by atoms with Gasteiger partial charge < -0.3 is 4.74 Å². The minimum absolute atomic E-state index is 0.0326. The summed E-state index contributed by atoms with van der Waals surface area (Å²) in [5, 5.41) is 5.05. The Morgan fingerprint density at radius 2 is 2.11 bits per heavy atom. The molecule has 1 aromatic carbocycles. The van der Waals surface area contributed by atoms with Gasteiger partial charge in [0.25, 0.3) is 0 Å². The van der Waals surface area contributed by atoms with Crippen LogP contribution in [-0.4, -0.2) is 39.3 Å². The van der Waals surface area contributed by atoms with Crippen molar-refractivity contribution in [2.45, 2.75) is 19.9 Å². The van der Waals surface area contributed by atoms with E-state index >= 15 is 0 Å². The van der Waals surface area contributed by atoms with Gasteiger partial charge in [0.05, 0.1) is 12.9 Å². The molecule has 1 atom stereocenters. The maximum atomic E-state index is 11.0. The van der Waals surface area contributed by atoms with Crippen molar-refractivity contribution < 1.29 is 13.2 Å². The Morgan fingerprint density at radius 3 is 2.63 bits per heavy atom. The molecule has 0 unspecified atom stereocenters. The quantitative estimate of drug-likeness (QED) is 0.821. The maximum Gasteiger partial charge on any atom is 0.210 e. The van der Waals surface area contributed by atoms with Crippen LogP contribution in [-0.2, 0) is 10.0 Å². The van der Waals surface area contributed by atoms with Gasteiger partial charge >= 0.3 is 0 Å². The number of nitrogens with zero attached hydrogens (tertiary/aromatic N) is 1. The first-order chi connectivity index (χ1) is 8.87. The number of nitrogens with two attached hydrogens (primary N) is 1. The summed E-state index contributed by atoms with van der Waals surface area (Å²) >= 11 is 0. The van der Waals surface area contributed by atoms with E-state index in [1.165, 1.54) is 0 Å². The Bertz CT molecular complexity index is 502. The second-order valence-electron chi connectivity index (χ2n) is 4.45. The van der Waals surface area contributed by atoms with Crippen LogP contribution < -0.4 is 9.88 Å². The van der Waals surface area contributed by atoms with Gasteiger partial charge in [-0.25, -0.2) is 13.6 Å². The lowest BCUT2D eigenvalue weighted by molar-refractivity contribution is 0.235. The lowest BCUT2D eigenvalue weighted by atomic mass is 10.1. The molecule has 108 valence electrons. The largest absolute Gasteiger partial charge is 0.497 e. The van der Waals surface area contributed by atoms with Gasteiger partial charge in [0.1, 0.15) is 5.75 Å². The second kappa shape index (κ2) is 6.88. The zero-order valence-electron chi connectivity index (χ0n) is 11.7. The third-order valence-electron chi connectivity index (χ3n) is 3.19. The van der Waals surface area contributed by atoms with Crippen LogP contribution in [0.25, 0.3) is 0 Å². The summed E-state index contributed by atoms with van der Waals surface area (Å²) in [7, 11) is -1.80. The average molecular weight is 286 g/mol. The third-order valence-corrected chi connectivity index (χ3v) is 3.94. The summed E-state index contributed by atoms with van der Waals surface area (Å²) in [6, 6.07) is 7.90. The Morgan fingerprint density at radius 1 is 1.42 bits per heavy atom. The van der Waals surface area contributed by atoms with Crippen molar-refractivity contribution in [3.05, 3.63) is 29.8 Å². The first-order valence-electron chi connectivity index (χ1n) is 6.26. The minimum atomic E-state index is -3.42. The standard InChI is InChI=1S/C13H22N2O3S/c1-4-15(8-9-19(14,16)17)11(2)12-6-5-7-13(10-12)18-3/h5-7,10-11H,4,8-9H2,1-3H3,(H2,14,16,17)/t11-/m1/s1. The van der Waals surface area contributed by atoms with Crippen molar-refractivity contribution in [3.63, 3.8) is 0 Å². The van der Waals surface area contributed by atoms with E-state index in [1.807, 2.05) is 38.1 Å². The number of primary sulfonamides is 1. The highest BCUT2D eigenvalue weighted by atomic mass is 32.2. The van der Waals surface area contributed by atoms with Crippen molar-refractivity contribution in [1.82, 2.24) is 4.90 Å². The highest BCUT2D eigenvalue weighted by molar-refractivity contribution is 7.89. The minimum Gasteiger partial charge on any atom is -0.497 e. The predicted octanol–water partition coefficient (Wildman–Crippen LogP) is 1.37. The van der Waals surface area contributed by atoms with Crippen LogP contribution in [0.2, 0.25) is 0 Å². The van der Waals surface area contributed by atoms with Crippen molar-refractivity contribution in [3.8, 4) is 5.75 Å². The molecule has 6 heteroatoms. The zero-order valence-corrected chi connectivity index (χ0v) is 12.5. The number of sulfonamides is 1. The molecule has 0 saturated heterocycles. The van der Waals surface area contributed by atoms with Crippen LogP contribution in [0.3, 0.4) is 0 Å². The predicted molar refractivity (Wildman–Crippen MR) is 76.6 cm³/mol. The van der Waals surface area contributed by atoms with Gasteiger partial charge in [0, 0.05) is 12.6 Å². The van der Waals surface area contributed by atoms with Gasteiger partial charge in [-0.3, -0.25) is 4.90 Å². The number of benzene rings is 1. The molecular formula is C13H22N2O3S. The molecule has 0 aromatic heterocycles. The summed E-state index contributed by atoms with van der Waals surface area (Å²) in [4.78, 5) is 2.07. The Kier molecular flexibility index (Phi) is 5.78. The summed E-state index contributed by atoms with van der Waals surface area (Å²) in [5.74, 6) is 0.765. The molecular weight excluding hydrogens is 264 g/mol. The lowest BCUT2D eigenvalue weighted by Gasteiger charge is -2.28. The smallest absolute Gasteiger partial charge is 0.210 e. The topological polar surface area (TPSA) is 72.6 Å². The van der Waals surface area contributed by atoms with E-state index in [0.717, 1.165) is 17.9 Å². The fraction of sp³-hybridized carbons (Fsp3) is 0.538. The fourth-order valence-corrected chi connectivity index (χ4v) is 2.47. The van der Waals surface area contributed by atoms with Gasteiger partial charge in [-0.05, 0) is 31.2 Å². The van der Waals surface area contributed by atoms with Gasteiger partial charge in [-0.2, -0.15) is 0 Å². The summed E-state index contributed by atoms with van der Waals surface area (Å²) in [6.45, 7) is 5.23. The molecule has 0 spiro atoms. The highest BCUT2D eigenvalue weighted by Gasteiger charge is 2.16. The fourth-order valence-electron chi connectivity index (χ4n) is 1.98. The Hall–Kier alpha value is -1.11. The summed E-state index contributed by atoms with van der Waals surface area (Å²) in [6.07, 6.45) is 0. The molecule has 0 bridgehead atoms. The molecule has 0 amide bonds. The second-order valence-corrected chi connectivity index (χ2v) is 6.18. The van der Waals surface area contributed by atoms with E-state index in [0.29, 0.717) is 6.54 Å². The van der Waals surface area contributed by atoms with Crippen molar-refractivity contribution in [2.24, 2.45) is 5.14 Å². The van der Waals surface area contributed by atoms with Crippen molar-refractivity contribution >= 4 is 10.0 Å². The SMILES string of the molecule is CCN(CCS(N)(=O)=O)[C@H](C)c1cccc(OC)c1. The number of hydrogen-bond acceptors (Lipinski definition) is 4. The van der Waals surface area contributed by atoms with Crippen LogP contribution >= 0.6 is 0 Å². The normalized spacial score (nSPS) is 13.5. The monoisotopic (exact) mass is 286 g/mol. The molecule has 5 nitrogen and oxygen atoms in total. The number of ether oxygens (including phenoxy) is 1. The van der Waals surface area contributed by atoms with E-state index in [1.54, 1.807) is 7.11 Å². The average Bonchev–Trinajstić information content (AvgIpc) is 2.38. The van der Waals surface area contributed by atoms with E-state index < -0.39 is 10.0 Å². The molecule has 0 fully saturated rings. The van der Waals surface area contributed by atoms with Gasteiger partial charge in [-0.1, -0.05) is 19.1 Å². The van der Waals surface area contributed by atoms with Crippen molar-refractivity contribution in [2.75, 3.05) is 26.0 Å². The molecule has 1 rings (SSSR count). The van der Waals surface area contributed by atoms with Crippen LogP contribution in [0, 0.1) is 0 Å². The van der Waals surface area contributed by atoms with Crippen LogP contribution in [0.15, 0.2) is 24.3 Å². The molecule has 1 aromatic rings.